The molecule has 1 atom stereocenters. The molecule has 0 aromatic heterocycles. The zero-order chi connectivity index (χ0) is 30.3. The molecule has 0 unspecified atom stereocenters. The van der Waals surface area contributed by atoms with Crippen LogP contribution < -0.4 is 9.62 Å². The van der Waals surface area contributed by atoms with Gasteiger partial charge in [0.1, 0.15) is 12.6 Å². The number of benzene rings is 3. The molecule has 0 saturated heterocycles. The molecule has 2 amide bonds. The molecule has 0 bridgehead atoms. The van der Waals surface area contributed by atoms with Gasteiger partial charge in [0, 0.05) is 17.5 Å². The molecule has 0 radical (unpaired) electrons. The molecular weight excluding hydrogens is 567 g/mol. The van der Waals surface area contributed by atoms with Crippen molar-refractivity contribution in [3.63, 3.8) is 0 Å². The third kappa shape index (κ3) is 7.75. The van der Waals surface area contributed by atoms with Gasteiger partial charge in [-0.2, -0.15) is 0 Å². The number of carbonyl (C=O) groups excluding carboxylic acids is 2. The zero-order valence-corrected chi connectivity index (χ0v) is 26.5. The number of nitrogens with zero attached hydrogens (tertiary/aromatic N) is 2. The molecule has 1 fully saturated rings. The number of hydrogen-bond acceptors (Lipinski definition) is 5. The van der Waals surface area contributed by atoms with Crippen LogP contribution in [0.5, 0.6) is 0 Å². The number of amides is 2. The minimum absolute atomic E-state index is 0.102. The Labute approximate surface area is 254 Å². The summed E-state index contributed by atoms with van der Waals surface area (Å²) in [6.45, 7) is 5.56. The predicted molar refractivity (Wildman–Crippen MR) is 170 cm³/mol. The summed E-state index contributed by atoms with van der Waals surface area (Å²) in [5.41, 5.74) is 3.33. The van der Waals surface area contributed by atoms with Crippen molar-refractivity contribution in [1.82, 2.24) is 10.2 Å². The molecule has 4 rings (SSSR count). The Kier molecular flexibility index (Phi) is 10.7. The quantitative estimate of drug-likeness (QED) is 0.252. The minimum atomic E-state index is -4.09. The Bertz CT molecular complexity index is 1450. The van der Waals surface area contributed by atoms with Crippen LogP contribution >= 0.6 is 11.8 Å². The molecule has 0 spiro atoms. The molecule has 1 N–H and O–H groups in total. The van der Waals surface area contributed by atoms with E-state index in [4.69, 9.17) is 0 Å². The Morgan fingerprint density at radius 1 is 0.905 bits per heavy atom. The maximum absolute atomic E-state index is 14.2. The number of thioether (sulfide) groups is 1. The highest BCUT2D eigenvalue weighted by Gasteiger charge is 2.34. The molecule has 7 nitrogen and oxygen atoms in total. The van der Waals surface area contributed by atoms with Gasteiger partial charge >= 0.3 is 0 Å². The molecule has 1 saturated carbocycles. The maximum Gasteiger partial charge on any atom is 0.264 e. The highest BCUT2D eigenvalue weighted by Crippen LogP contribution is 2.27. The Morgan fingerprint density at radius 3 is 2.02 bits per heavy atom. The lowest BCUT2D eigenvalue weighted by molar-refractivity contribution is -0.140. The average Bonchev–Trinajstić information content (AvgIpc) is 3.50. The van der Waals surface area contributed by atoms with Crippen molar-refractivity contribution in [2.24, 2.45) is 0 Å². The van der Waals surface area contributed by atoms with Crippen LogP contribution in [0.1, 0.15) is 55.7 Å². The maximum atomic E-state index is 14.2. The molecular formula is C33H41N3O4S2. The highest BCUT2D eigenvalue weighted by molar-refractivity contribution is 7.98. The summed E-state index contributed by atoms with van der Waals surface area (Å²) in [6.07, 6.45) is 6.36. The molecule has 0 heterocycles. The van der Waals surface area contributed by atoms with E-state index in [0.717, 1.165) is 51.6 Å². The number of nitrogens with one attached hydrogen (secondary N) is 1. The number of rotatable bonds is 12. The first kappa shape index (κ1) is 31.6. The van der Waals surface area contributed by atoms with Crippen LogP contribution in [-0.4, -0.2) is 50.0 Å². The molecule has 3 aromatic rings. The second-order valence-electron chi connectivity index (χ2n) is 10.9. The van der Waals surface area contributed by atoms with E-state index in [9.17, 15) is 18.0 Å². The third-order valence-corrected chi connectivity index (χ3v) is 10.3. The third-order valence-electron chi connectivity index (χ3n) is 7.81. The normalized spacial score (nSPS) is 14.4. The average molecular weight is 608 g/mol. The first-order valence-electron chi connectivity index (χ1n) is 14.5. The summed E-state index contributed by atoms with van der Waals surface area (Å²) in [5.74, 6) is -0.629. The van der Waals surface area contributed by atoms with Gasteiger partial charge in [-0.3, -0.25) is 13.9 Å². The summed E-state index contributed by atoms with van der Waals surface area (Å²) >= 11 is 1.52. The fourth-order valence-corrected chi connectivity index (χ4v) is 7.11. The number of sulfonamides is 1. The van der Waals surface area contributed by atoms with Crippen molar-refractivity contribution in [1.29, 1.82) is 0 Å². The van der Waals surface area contributed by atoms with Crippen molar-refractivity contribution in [2.75, 3.05) is 17.1 Å². The van der Waals surface area contributed by atoms with E-state index in [0.29, 0.717) is 12.1 Å². The molecule has 224 valence electrons. The van der Waals surface area contributed by atoms with Crippen LogP contribution in [0.25, 0.3) is 0 Å². The van der Waals surface area contributed by atoms with Crippen LogP contribution in [-0.2, 0) is 26.2 Å². The van der Waals surface area contributed by atoms with E-state index in [1.807, 2.05) is 63.4 Å². The van der Waals surface area contributed by atoms with Gasteiger partial charge in [-0.05, 0) is 81.3 Å². The monoisotopic (exact) mass is 607 g/mol. The van der Waals surface area contributed by atoms with Crippen LogP contribution in [0.2, 0.25) is 0 Å². The lowest BCUT2D eigenvalue weighted by Crippen LogP contribution is -2.53. The van der Waals surface area contributed by atoms with E-state index in [-0.39, 0.29) is 23.4 Å². The molecule has 9 heteroatoms. The molecule has 3 aromatic carbocycles. The lowest BCUT2D eigenvalue weighted by Gasteiger charge is -2.34. The van der Waals surface area contributed by atoms with Gasteiger partial charge in [0.25, 0.3) is 10.0 Å². The molecule has 1 aliphatic carbocycles. The molecule has 42 heavy (non-hydrogen) atoms. The molecule has 0 aliphatic heterocycles. The van der Waals surface area contributed by atoms with Gasteiger partial charge in [-0.25, -0.2) is 8.42 Å². The van der Waals surface area contributed by atoms with Crippen LogP contribution in [0.3, 0.4) is 0 Å². The smallest absolute Gasteiger partial charge is 0.264 e. The summed E-state index contributed by atoms with van der Waals surface area (Å²) < 4.78 is 29.2. The zero-order valence-electron chi connectivity index (χ0n) is 24.9. The van der Waals surface area contributed by atoms with E-state index in [1.165, 1.54) is 11.8 Å². The summed E-state index contributed by atoms with van der Waals surface area (Å²) in [6, 6.07) is 20.9. The lowest BCUT2D eigenvalue weighted by atomic mass is 10.1. The van der Waals surface area contributed by atoms with Gasteiger partial charge in [0.2, 0.25) is 11.8 Å². The largest absolute Gasteiger partial charge is 0.352 e. The van der Waals surface area contributed by atoms with E-state index >= 15 is 0 Å². The Balaban J connectivity index is 1.70. The SMILES string of the molecule is CC[C@@H](C(=O)NC1CCCC1)N(Cc1ccc(C)cc1)C(=O)CN(c1ccc(C)cc1)S(=O)(=O)c1ccc(SC)cc1. The van der Waals surface area contributed by atoms with Crippen molar-refractivity contribution < 1.29 is 18.0 Å². The minimum Gasteiger partial charge on any atom is -0.352 e. The first-order valence-corrected chi connectivity index (χ1v) is 17.2. The van der Waals surface area contributed by atoms with E-state index < -0.39 is 28.5 Å². The van der Waals surface area contributed by atoms with E-state index in [2.05, 4.69) is 5.32 Å². The van der Waals surface area contributed by atoms with Crippen molar-refractivity contribution >= 4 is 39.3 Å². The van der Waals surface area contributed by atoms with Crippen molar-refractivity contribution in [3.05, 3.63) is 89.5 Å². The van der Waals surface area contributed by atoms with Gasteiger partial charge in [-0.15, -0.1) is 11.8 Å². The van der Waals surface area contributed by atoms with E-state index in [1.54, 1.807) is 41.3 Å². The van der Waals surface area contributed by atoms with Gasteiger partial charge in [0.15, 0.2) is 0 Å². The summed E-state index contributed by atoms with van der Waals surface area (Å²) in [5, 5.41) is 3.15. The number of carbonyl (C=O) groups is 2. The van der Waals surface area contributed by atoms with Crippen LogP contribution in [0, 0.1) is 13.8 Å². The number of anilines is 1. The van der Waals surface area contributed by atoms with Crippen molar-refractivity contribution in [2.45, 2.75) is 81.3 Å². The predicted octanol–water partition coefficient (Wildman–Crippen LogP) is 6.09. The van der Waals surface area contributed by atoms with Crippen molar-refractivity contribution in [3.8, 4) is 0 Å². The summed E-state index contributed by atoms with van der Waals surface area (Å²) in [7, 11) is -4.09. The van der Waals surface area contributed by atoms with Crippen LogP contribution in [0.15, 0.2) is 82.6 Å². The number of hydrogen-bond donors (Lipinski definition) is 1. The fourth-order valence-electron chi connectivity index (χ4n) is 5.29. The standard InChI is InChI=1S/C33H41N3O4S2/c1-5-31(33(38)34-27-8-6-7-9-27)35(22-26-14-10-24(2)11-15-26)32(37)23-36(28-16-12-25(3)13-17-28)42(39,40)30-20-18-29(41-4)19-21-30/h10-21,27,31H,5-9,22-23H2,1-4H3,(H,34,38)/t31-/m0/s1. The topological polar surface area (TPSA) is 86.8 Å². The first-order chi connectivity index (χ1) is 20.1. The van der Waals surface area contributed by atoms with Gasteiger partial charge < -0.3 is 10.2 Å². The Morgan fingerprint density at radius 2 is 1.48 bits per heavy atom. The van der Waals surface area contributed by atoms with Gasteiger partial charge in [0.05, 0.1) is 10.6 Å². The number of aryl methyl sites for hydroxylation is 2. The Hall–Kier alpha value is -3.30. The highest BCUT2D eigenvalue weighted by atomic mass is 32.2. The van der Waals surface area contributed by atoms with Gasteiger partial charge in [-0.1, -0.05) is 67.3 Å². The van der Waals surface area contributed by atoms with Crippen LogP contribution in [0.4, 0.5) is 5.69 Å². The summed E-state index contributed by atoms with van der Waals surface area (Å²) in [4.78, 5) is 30.4. The second-order valence-corrected chi connectivity index (χ2v) is 13.7. The molecule has 1 aliphatic rings. The second kappa shape index (κ2) is 14.2. The fraction of sp³-hybridized carbons (Fsp3) is 0.394.